The van der Waals surface area contributed by atoms with Gasteiger partial charge in [-0.2, -0.15) is 33.3 Å². The summed E-state index contributed by atoms with van der Waals surface area (Å²) in [6, 6.07) is 34.3. The molecule has 580 valence electrons. The number of nitrogens with zero attached hydrogens (tertiary/aromatic N) is 5. The molecule has 0 saturated heterocycles. The van der Waals surface area contributed by atoms with E-state index in [1.165, 1.54) is 12.1 Å². The smallest absolute Gasteiger partial charge is 0.407 e. The van der Waals surface area contributed by atoms with E-state index in [2.05, 4.69) is 135 Å². The van der Waals surface area contributed by atoms with Gasteiger partial charge in [-0.05, 0) is 134 Å². The molecule has 6 aromatic carbocycles. The minimum absolute atomic E-state index is 0.0170. The Morgan fingerprint density at radius 3 is 1.19 bits per heavy atom. The minimum Gasteiger partial charge on any atom is -0.508 e. The number of alkyl carbamates (subject to hydrolysis) is 1. The maximum Gasteiger partial charge on any atom is 0.407 e. The molecule has 0 atom stereocenters. The molecule has 0 saturated carbocycles. The van der Waals surface area contributed by atoms with Crippen molar-refractivity contribution >= 4 is 107 Å². The molecule has 107 heavy (non-hydrogen) atoms. The molecule has 0 aliphatic carbocycles. The van der Waals surface area contributed by atoms with Crippen LogP contribution in [0.5, 0.6) is 28.7 Å². The molecular weight excluding hydrogens is 1420 g/mol. The third-order valence-corrected chi connectivity index (χ3v) is 15.0. The van der Waals surface area contributed by atoms with Crippen LogP contribution in [0.25, 0.3) is 55.5 Å². The summed E-state index contributed by atoms with van der Waals surface area (Å²) in [5.74, 6) is 2.78. The van der Waals surface area contributed by atoms with Crippen molar-refractivity contribution in [3.63, 3.8) is 0 Å². The number of hydrogen-bond donors (Lipinski definition) is 8. The topological polar surface area (TPSA) is 354 Å². The third-order valence-electron chi connectivity index (χ3n) is 13.9. The molecule has 9 N–H and O–H groups in total. The van der Waals surface area contributed by atoms with Crippen LogP contribution in [-0.4, -0.2) is 121 Å². The number of fused-ring (bicyclic) bond motifs is 5. The van der Waals surface area contributed by atoms with Gasteiger partial charge in [0.05, 0.1) is 31.8 Å². The van der Waals surface area contributed by atoms with Gasteiger partial charge in [0.2, 0.25) is 0 Å². The molecule has 5 aromatic heterocycles. The zero-order chi connectivity index (χ0) is 79.1. The molecule has 11 rings (SSSR count). The summed E-state index contributed by atoms with van der Waals surface area (Å²) >= 11 is 5.56. The molecule has 0 bridgehead atoms. The Hall–Kier alpha value is -10.4. The molecule has 5 heterocycles. The molecule has 1 amide bonds. The third kappa shape index (κ3) is 30.9. The number of aromatic hydroxyl groups is 1. The van der Waals surface area contributed by atoms with E-state index in [1.807, 2.05) is 25.1 Å². The summed E-state index contributed by atoms with van der Waals surface area (Å²) in [4.78, 5) is 32.9. The lowest BCUT2D eigenvalue weighted by Crippen LogP contribution is -2.34. The number of carbonyl (C=O) groups excluding carboxylic acids is 1. The normalized spacial score (nSPS) is 12.1. The van der Waals surface area contributed by atoms with Crippen molar-refractivity contribution in [2.45, 2.75) is 121 Å². The maximum absolute atomic E-state index is 13.1. The molecule has 26 nitrogen and oxygen atoms in total. The quantitative estimate of drug-likeness (QED) is 0.0329. The zero-order valence-electron chi connectivity index (χ0n) is 63.8. The first kappa shape index (κ1) is 85.6. The number of methoxy groups -OCH3 is 2. The van der Waals surface area contributed by atoms with Crippen LogP contribution in [0, 0.1) is 28.6 Å². The lowest BCUT2D eigenvalue weighted by Gasteiger charge is -2.20. The highest BCUT2D eigenvalue weighted by Crippen LogP contribution is 2.30. The Morgan fingerprint density at radius 1 is 0.505 bits per heavy atom. The summed E-state index contributed by atoms with van der Waals surface area (Å²) in [6.07, 6.45) is 0.274. The highest BCUT2D eigenvalue weighted by molar-refractivity contribution is 7.85. The van der Waals surface area contributed by atoms with Gasteiger partial charge in [-0.1, -0.05) is 101 Å². The Bertz CT molecular complexity index is 4830. The number of oxazole rings is 5. The van der Waals surface area contributed by atoms with Crippen LogP contribution in [0.1, 0.15) is 109 Å². The number of rotatable bonds is 20. The standard InChI is InChI=1S/C21H30FN3O4.C16H22FN3O2.C13H18N2O2.C12H16N2O2.C8H6ClNO2.C7H8O3S/c1-20(2,3)13-24-18-25-16-8-7-15(9-17(16)28-18)27-12-14(10-22)11-23-19(26)29-21(4,5)6;1-16(2,3)10-19-15-20-13-5-4-12(6-14(13)22-15)21-9-11(7-17)8-18;1-13(2,3)8-14-12-15-10-6-5-9(16-4)7-11(10)17-12;1-12(2,3)7-13-11-14-9-5-4-8(15)6-10(9)16-11;1-11-5-2-3-6-7(4-5)12-8(9)10-6;1-6-2-4-7(5-3-6)11(8,9)10/h7-10H,11-13H2,1-6H3,(H,23,26)(H,24,25);4-7H,8-10,18H2,1-3H3,(H,19,20);5-7H,8H2,1-4H3,(H,14,15);4-6,15H,7H2,1-3H3,(H,13,14);2-4H,1H3;2-5H,1H3,(H,8,9,10)/b14-10+;11-7+;;;;. The number of amides is 1. The molecule has 11 aromatic rings. The summed E-state index contributed by atoms with van der Waals surface area (Å²) in [5.41, 5.74) is 13.9. The van der Waals surface area contributed by atoms with E-state index in [9.17, 15) is 27.1 Å². The number of nitrogens with two attached hydrogens (primary N) is 1. The predicted molar refractivity (Wildman–Crippen MR) is 415 cm³/mol. The number of ether oxygens (including phenoxy) is 5. The van der Waals surface area contributed by atoms with E-state index in [0.29, 0.717) is 81.6 Å². The number of carbonyl (C=O) groups is 1. The molecular formula is C77H100ClF2N11O15S. The van der Waals surface area contributed by atoms with E-state index in [4.69, 9.17) is 67.7 Å². The summed E-state index contributed by atoms with van der Waals surface area (Å²) in [5, 5.41) is 24.6. The van der Waals surface area contributed by atoms with Gasteiger partial charge in [-0.25, -0.2) is 13.6 Å². The van der Waals surface area contributed by atoms with Crippen molar-refractivity contribution in [3.8, 4) is 28.7 Å². The molecule has 0 unspecified atom stereocenters. The average molecular weight is 1530 g/mol. The Morgan fingerprint density at radius 2 is 0.841 bits per heavy atom. The molecule has 0 spiro atoms. The van der Waals surface area contributed by atoms with Crippen molar-refractivity contribution in [2.75, 3.05) is 88.0 Å². The van der Waals surface area contributed by atoms with Gasteiger partial charge in [-0.3, -0.25) is 4.55 Å². The SMILES string of the molecule is CC(C)(C)CNc1nc2ccc(O)cc2o1.CC(C)(C)CNc1nc2ccc(OC/C(=C/F)CN)cc2o1.CC(C)(C)CNc1nc2ccc(OC/C(=C/F)CNC(=O)OC(C)(C)C)cc2o1.COc1ccc2nc(Cl)oc2c1.COc1ccc2nc(NCC(C)(C)C)oc2c1.Cc1ccc(S(=O)(=O)O)cc1. The largest absolute Gasteiger partial charge is 0.508 e. The van der Waals surface area contributed by atoms with Gasteiger partial charge in [0.15, 0.2) is 27.9 Å². The number of aryl methyl sites for hydroxylation is 1. The number of anilines is 4. The molecule has 30 heteroatoms. The van der Waals surface area contributed by atoms with E-state index >= 15 is 0 Å². The van der Waals surface area contributed by atoms with Crippen molar-refractivity contribution in [2.24, 2.45) is 27.4 Å². The van der Waals surface area contributed by atoms with E-state index in [1.54, 1.807) is 120 Å². The second kappa shape index (κ2) is 38.3. The fraction of sp³-hybridized carbons (Fsp3) is 0.403. The second-order valence-corrected chi connectivity index (χ2v) is 32.0. The van der Waals surface area contributed by atoms with Crippen LogP contribution in [0.3, 0.4) is 0 Å². The number of phenols is 1. The fourth-order valence-corrected chi connectivity index (χ4v) is 9.08. The number of phenolic OH excluding ortho intramolecular Hbond substituents is 1. The number of benzene rings is 6. The number of aromatic nitrogens is 5. The maximum atomic E-state index is 13.1. The summed E-state index contributed by atoms with van der Waals surface area (Å²) in [7, 11) is -0.788. The number of halogens is 3. The van der Waals surface area contributed by atoms with Crippen LogP contribution in [-0.2, 0) is 14.9 Å². The number of nitrogens with one attached hydrogen (secondary N) is 5. The second-order valence-electron chi connectivity index (χ2n) is 30.2. The Balaban J connectivity index is 0.000000207. The predicted octanol–water partition coefficient (Wildman–Crippen LogP) is 18.5. The van der Waals surface area contributed by atoms with E-state index in [0.717, 1.165) is 70.9 Å². The molecule has 0 radical (unpaired) electrons. The van der Waals surface area contributed by atoms with Crippen LogP contribution in [0.15, 0.2) is 166 Å². The van der Waals surface area contributed by atoms with Gasteiger partial charge in [0, 0.05) is 80.7 Å². The van der Waals surface area contributed by atoms with E-state index in [-0.39, 0.29) is 69.5 Å². The van der Waals surface area contributed by atoms with Crippen LogP contribution in [0.2, 0.25) is 5.35 Å². The molecule has 0 aliphatic rings. The van der Waals surface area contributed by atoms with Gasteiger partial charge < -0.3 is 83.2 Å². The fourth-order valence-electron chi connectivity index (χ4n) is 8.42. The van der Waals surface area contributed by atoms with Gasteiger partial charge >= 0.3 is 6.09 Å². The summed E-state index contributed by atoms with van der Waals surface area (Å²) < 4.78 is 109. The zero-order valence-corrected chi connectivity index (χ0v) is 65.4. The lowest BCUT2D eigenvalue weighted by atomic mass is 9.97. The van der Waals surface area contributed by atoms with Crippen molar-refractivity contribution < 1.29 is 77.4 Å². The first-order valence-electron chi connectivity index (χ1n) is 34.0. The lowest BCUT2D eigenvalue weighted by molar-refractivity contribution is 0.0531. The Labute approximate surface area is 627 Å². The van der Waals surface area contributed by atoms with Crippen molar-refractivity contribution in [3.05, 3.63) is 150 Å². The first-order valence-corrected chi connectivity index (χ1v) is 35.8. The molecule has 0 fully saturated rings. The highest BCUT2D eigenvalue weighted by atomic mass is 35.5. The monoisotopic (exact) mass is 1520 g/mol. The van der Waals surface area contributed by atoms with Gasteiger partial charge in [0.25, 0.3) is 39.5 Å². The van der Waals surface area contributed by atoms with Gasteiger partial charge in [0.1, 0.15) is 75.1 Å². The highest BCUT2D eigenvalue weighted by Gasteiger charge is 2.20. The molecule has 0 aliphatic heterocycles. The van der Waals surface area contributed by atoms with Crippen molar-refractivity contribution in [1.82, 2.24) is 30.2 Å². The Kier molecular flexibility index (Phi) is 30.6. The van der Waals surface area contributed by atoms with E-state index < -0.39 is 21.8 Å². The van der Waals surface area contributed by atoms with Crippen LogP contribution < -0.4 is 51.3 Å². The van der Waals surface area contributed by atoms with Gasteiger partial charge in [-0.15, -0.1) is 0 Å². The average Bonchev–Trinajstić information content (AvgIpc) is 1.73. The first-order chi connectivity index (χ1) is 50.1. The minimum atomic E-state index is -4.02. The van der Waals surface area contributed by atoms with Crippen LogP contribution in [0.4, 0.5) is 37.6 Å². The summed E-state index contributed by atoms with van der Waals surface area (Å²) in [6.45, 7) is 36.0. The van der Waals surface area contributed by atoms with Crippen LogP contribution >= 0.6 is 11.6 Å². The number of hydrogen-bond acceptors (Lipinski definition) is 24. The van der Waals surface area contributed by atoms with Crippen molar-refractivity contribution in [1.29, 1.82) is 0 Å².